The topological polar surface area (TPSA) is 80.8 Å². The summed E-state index contributed by atoms with van der Waals surface area (Å²) in [5.74, 6) is -2.17. The minimum absolute atomic E-state index is 0.0920. The van der Waals surface area contributed by atoms with Gasteiger partial charge in [0.25, 0.3) is 0 Å². The van der Waals surface area contributed by atoms with Crippen LogP contribution < -0.4 is 0 Å². The first-order valence-corrected chi connectivity index (χ1v) is 8.79. The van der Waals surface area contributed by atoms with Crippen LogP contribution in [0.15, 0.2) is 42.5 Å². The van der Waals surface area contributed by atoms with Crippen LogP contribution in [0.25, 0.3) is 0 Å². The number of Topliss-reactive ketones (excluding diaryl/α,β-unsaturated/α-hetero) is 1. The highest BCUT2D eigenvalue weighted by molar-refractivity contribution is 6.09. The molecule has 4 rings (SSSR count). The van der Waals surface area contributed by atoms with E-state index in [1.54, 1.807) is 30.3 Å². The molecule has 0 N–H and O–H groups in total. The summed E-state index contributed by atoms with van der Waals surface area (Å²) in [6, 6.07) is 7.48. The van der Waals surface area contributed by atoms with Gasteiger partial charge in [-0.3, -0.25) is 19.3 Å². The third-order valence-electron chi connectivity index (χ3n) is 5.67. The van der Waals surface area contributed by atoms with Gasteiger partial charge in [0.2, 0.25) is 11.8 Å². The van der Waals surface area contributed by atoms with E-state index in [9.17, 15) is 19.2 Å². The largest absolute Gasteiger partial charge is 0.456 e. The normalized spacial score (nSPS) is 29.8. The highest BCUT2D eigenvalue weighted by atomic mass is 16.5. The van der Waals surface area contributed by atoms with Gasteiger partial charge >= 0.3 is 5.97 Å². The number of hydrogen-bond donors (Lipinski definition) is 0. The molecule has 1 aliphatic heterocycles. The molecule has 134 valence electrons. The van der Waals surface area contributed by atoms with Crippen molar-refractivity contribution in [2.75, 3.05) is 6.61 Å². The van der Waals surface area contributed by atoms with Crippen molar-refractivity contribution in [1.82, 2.24) is 4.90 Å². The van der Waals surface area contributed by atoms with Crippen molar-refractivity contribution in [3.8, 4) is 0 Å². The van der Waals surface area contributed by atoms with Crippen molar-refractivity contribution in [1.29, 1.82) is 0 Å². The Balaban J connectivity index is 1.41. The van der Waals surface area contributed by atoms with Gasteiger partial charge in [0.05, 0.1) is 11.8 Å². The second-order valence-corrected chi connectivity index (χ2v) is 7.12. The number of amides is 2. The Bertz CT molecular complexity index is 785. The smallest absolute Gasteiger partial charge is 0.329 e. The molecule has 1 aromatic rings. The number of ether oxygens (including phenoxy) is 1. The molecule has 26 heavy (non-hydrogen) atoms. The summed E-state index contributed by atoms with van der Waals surface area (Å²) >= 11 is 0. The van der Waals surface area contributed by atoms with Gasteiger partial charge in [-0.25, -0.2) is 4.79 Å². The van der Waals surface area contributed by atoms with E-state index in [1.165, 1.54) is 6.92 Å². The summed E-state index contributed by atoms with van der Waals surface area (Å²) in [7, 11) is 0. The SMILES string of the molecule is C[C@@H](C(=O)OCC(=O)c1ccccc1)N1C(=O)[C@@H]2[C@H](C1=O)[C@@H]1C=C[C@@H]2C1. The third-order valence-corrected chi connectivity index (χ3v) is 5.67. The van der Waals surface area contributed by atoms with Gasteiger partial charge in [-0.1, -0.05) is 42.5 Å². The first kappa shape index (κ1) is 16.7. The second kappa shape index (κ2) is 6.20. The van der Waals surface area contributed by atoms with Gasteiger partial charge in [0.15, 0.2) is 12.4 Å². The van der Waals surface area contributed by atoms with Gasteiger partial charge in [-0.05, 0) is 25.2 Å². The molecule has 1 saturated carbocycles. The molecule has 2 amide bonds. The molecular formula is C20H19NO5. The van der Waals surface area contributed by atoms with Gasteiger partial charge in [0, 0.05) is 5.56 Å². The first-order valence-electron chi connectivity index (χ1n) is 8.79. The standard InChI is InChI=1S/C20H19NO5/c1-11(20(25)26-10-15(22)12-5-3-2-4-6-12)21-18(23)16-13-7-8-14(9-13)17(16)19(21)24/h2-8,11,13-14,16-17H,9-10H2,1H3/t11-,13+,14+,16-,17+/m0/s1. The number of esters is 1. The maximum Gasteiger partial charge on any atom is 0.329 e. The lowest BCUT2D eigenvalue weighted by molar-refractivity contribution is -0.157. The number of hydrogen-bond acceptors (Lipinski definition) is 5. The summed E-state index contributed by atoms with van der Waals surface area (Å²) in [6.45, 7) is 1.06. The molecule has 1 aromatic carbocycles. The molecule has 6 heteroatoms. The number of likely N-dealkylation sites (tertiary alicyclic amines) is 1. The molecule has 1 heterocycles. The van der Waals surface area contributed by atoms with E-state index < -0.39 is 18.6 Å². The van der Waals surface area contributed by atoms with Crippen molar-refractivity contribution in [3.05, 3.63) is 48.0 Å². The van der Waals surface area contributed by atoms with E-state index in [1.807, 2.05) is 12.2 Å². The van der Waals surface area contributed by atoms with Gasteiger partial charge in [-0.15, -0.1) is 0 Å². The minimum Gasteiger partial charge on any atom is -0.456 e. The van der Waals surface area contributed by atoms with Crippen LogP contribution in [0.4, 0.5) is 0 Å². The van der Waals surface area contributed by atoms with E-state index in [2.05, 4.69) is 0 Å². The molecule has 2 aliphatic carbocycles. The Labute approximate surface area is 150 Å². The predicted octanol–water partition coefficient (Wildman–Crippen LogP) is 1.61. The Morgan fingerprint density at radius 3 is 2.23 bits per heavy atom. The monoisotopic (exact) mass is 353 g/mol. The number of carbonyl (C=O) groups excluding carboxylic acids is 4. The number of imide groups is 1. The highest BCUT2D eigenvalue weighted by Gasteiger charge is 2.60. The molecule has 5 atom stereocenters. The molecule has 0 radical (unpaired) electrons. The fourth-order valence-corrected chi connectivity index (χ4v) is 4.38. The van der Waals surface area contributed by atoms with Crippen LogP contribution in [-0.4, -0.2) is 41.1 Å². The average molecular weight is 353 g/mol. The molecule has 6 nitrogen and oxygen atoms in total. The zero-order valence-electron chi connectivity index (χ0n) is 14.3. The van der Waals surface area contributed by atoms with Gasteiger partial charge in [-0.2, -0.15) is 0 Å². The van der Waals surface area contributed by atoms with Crippen LogP contribution in [0.5, 0.6) is 0 Å². The first-order chi connectivity index (χ1) is 12.5. The maximum absolute atomic E-state index is 12.7. The zero-order chi connectivity index (χ0) is 18.4. The van der Waals surface area contributed by atoms with E-state index >= 15 is 0 Å². The van der Waals surface area contributed by atoms with Crippen molar-refractivity contribution >= 4 is 23.6 Å². The Morgan fingerprint density at radius 1 is 1.08 bits per heavy atom. The maximum atomic E-state index is 12.7. The van der Waals surface area contributed by atoms with Crippen molar-refractivity contribution < 1.29 is 23.9 Å². The lowest BCUT2D eigenvalue weighted by Gasteiger charge is -2.23. The zero-order valence-corrected chi connectivity index (χ0v) is 14.3. The van der Waals surface area contributed by atoms with Crippen molar-refractivity contribution in [3.63, 3.8) is 0 Å². The molecule has 0 unspecified atom stereocenters. The Hall–Kier alpha value is -2.76. The van der Waals surface area contributed by atoms with Gasteiger partial charge < -0.3 is 4.74 Å². The number of nitrogens with zero attached hydrogens (tertiary/aromatic N) is 1. The average Bonchev–Trinajstić information content (AvgIpc) is 3.33. The fourth-order valence-electron chi connectivity index (χ4n) is 4.38. The van der Waals surface area contributed by atoms with Crippen LogP contribution in [0.3, 0.4) is 0 Å². The summed E-state index contributed by atoms with van der Waals surface area (Å²) < 4.78 is 5.07. The summed E-state index contributed by atoms with van der Waals surface area (Å²) in [5.41, 5.74) is 0.443. The second-order valence-electron chi connectivity index (χ2n) is 7.12. The number of carbonyl (C=O) groups is 4. The number of rotatable bonds is 5. The molecular weight excluding hydrogens is 334 g/mol. The lowest BCUT2D eigenvalue weighted by Crippen LogP contribution is -2.45. The van der Waals surface area contributed by atoms with Crippen LogP contribution in [0.1, 0.15) is 23.7 Å². The summed E-state index contributed by atoms with van der Waals surface area (Å²) in [5, 5.41) is 0. The minimum atomic E-state index is -1.02. The highest BCUT2D eigenvalue weighted by Crippen LogP contribution is 2.52. The number of ketones is 1. The third kappa shape index (κ3) is 2.48. The Kier molecular flexibility index (Phi) is 3.98. The summed E-state index contributed by atoms with van der Waals surface area (Å²) in [6.07, 6.45) is 4.84. The fraction of sp³-hybridized carbons (Fsp3) is 0.400. The summed E-state index contributed by atoms with van der Waals surface area (Å²) in [4.78, 5) is 50.8. The van der Waals surface area contributed by atoms with Crippen LogP contribution in [-0.2, 0) is 19.1 Å². The molecule has 2 fully saturated rings. The van der Waals surface area contributed by atoms with E-state index in [0.717, 1.165) is 11.3 Å². The molecule has 0 aromatic heterocycles. The number of allylic oxidation sites excluding steroid dienone is 2. The van der Waals surface area contributed by atoms with Crippen molar-refractivity contribution in [2.24, 2.45) is 23.7 Å². The van der Waals surface area contributed by atoms with E-state index in [4.69, 9.17) is 4.74 Å². The predicted molar refractivity (Wildman–Crippen MR) is 90.8 cm³/mol. The van der Waals surface area contributed by atoms with Crippen LogP contribution in [0, 0.1) is 23.7 Å². The molecule has 3 aliphatic rings. The molecule has 0 spiro atoms. The Morgan fingerprint density at radius 2 is 1.65 bits per heavy atom. The quantitative estimate of drug-likeness (QED) is 0.348. The molecule has 1 saturated heterocycles. The van der Waals surface area contributed by atoms with Crippen LogP contribution in [0.2, 0.25) is 0 Å². The lowest BCUT2D eigenvalue weighted by atomic mass is 9.85. The molecule has 2 bridgehead atoms. The van der Waals surface area contributed by atoms with E-state index in [-0.39, 0.29) is 41.3 Å². The number of benzene rings is 1. The van der Waals surface area contributed by atoms with Crippen molar-refractivity contribution in [2.45, 2.75) is 19.4 Å². The van der Waals surface area contributed by atoms with Crippen LogP contribution >= 0.6 is 0 Å². The number of fused-ring (bicyclic) bond motifs is 5. The van der Waals surface area contributed by atoms with E-state index in [0.29, 0.717) is 5.56 Å². The van der Waals surface area contributed by atoms with Gasteiger partial charge in [0.1, 0.15) is 6.04 Å².